The summed E-state index contributed by atoms with van der Waals surface area (Å²) < 4.78 is 0. The van der Waals surface area contributed by atoms with Crippen molar-refractivity contribution in [2.24, 2.45) is 0 Å². The summed E-state index contributed by atoms with van der Waals surface area (Å²) in [7, 11) is 0. The highest BCUT2D eigenvalue weighted by Crippen LogP contribution is 2.07. The number of imidazole rings is 1. The van der Waals surface area contributed by atoms with Crippen molar-refractivity contribution in [1.82, 2.24) is 15.3 Å². The molecule has 0 unspecified atom stereocenters. The van der Waals surface area contributed by atoms with Crippen LogP contribution in [-0.2, 0) is 6.42 Å². The Labute approximate surface area is 123 Å². The van der Waals surface area contributed by atoms with Crippen LogP contribution in [0.15, 0.2) is 36.7 Å². The van der Waals surface area contributed by atoms with E-state index in [1.165, 1.54) is 0 Å². The lowest BCUT2D eigenvalue weighted by Crippen LogP contribution is -2.25. The number of aliphatic hydroxyl groups excluding tert-OH is 1. The van der Waals surface area contributed by atoms with Crippen LogP contribution in [-0.4, -0.2) is 34.1 Å². The number of aryl methyl sites for hydroxylation is 1. The summed E-state index contributed by atoms with van der Waals surface area (Å²) in [6.07, 6.45) is 5.09. The van der Waals surface area contributed by atoms with Gasteiger partial charge in [-0.15, -0.1) is 0 Å². The number of nitrogens with one attached hydrogen (secondary N) is 2. The van der Waals surface area contributed by atoms with E-state index >= 15 is 0 Å². The zero-order chi connectivity index (χ0) is 14.9. The number of benzene rings is 1. The Balaban J connectivity index is 1.88. The van der Waals surface area contributed by atoms with Gasteiger partial charge in [0.15, 0.2) is 0 Å². The van der Waals surface area contributed by atoms with Crippen LogP contribution >= 0.6 is 0 Å². The lowest BCUT2D eigenvalue weighted by molar-refractivity contribution is 0.0953. The van der Waals surface area contributed by atoms with Crippen molar-refractivity contribution in [2.75, 3.05) is 13.2 Å². The van der Waals surface area contributed by atoms with Gasteiger partial charge in [-0.2, -0.15) is 0 Å². The molecule has 5 heteroatoms. The summed E-state index contributed by atoms with van der Waals surface area (Å²) in [6.45, 7) is 0.348. The molecule has 0 spiro atoms. The molecule has 0 atom stereocenters. The minimum atomic E-state index is -0.223. The van der Waals surface area contributed by atoms with Crippen LogP contribution in [0.1, 0.15) is 28.2 Å². The number of aliphatic hydroxyl groups is 1. The number of hydrogen-bond acceptors (Lipinski definition) is 3. The molecule has 0 saturated heterocycles. The van der Waals surface area contributed by atoms with Crippen molar-refractivity contribution in [3.05, 3.63) is 53.6 Å². The number of aromatic amines is 1. The molecule has 21 heavy (non-hydrogen) atoms. The first kappa shape index (κ1) is 14.8. The van der Waals surface area contributed by atoms with Crippen molar-refractivity contribution in [3.8, 4) is 11.8 Å². The SMILES string of the molecule is O=C(NCCCc1ncc[nH]1)c1ccccc1C#CCO. The van der Waals surface area contributed by atoms with E-state index in [1.54, 1.807) is 30.6 Å². The third-order valence-electron chi connectivity index (χ3n) is 2.90. The number of amides is 1. The molecule has 0 radical (unpaired) electrons. The average molecular weight is 283 g/mol. The van der Waals surface area contributed by atoms with Crippen molar-refractivity contribution < 1.29 is 9.90 Å². The van der Waals surface area contributed by atoms with Crippen LogP contribution in [0.2, 0.25) is 0 Å². The minimum Gasteiger partial charge on any atom is -0.384 e. The summed E-state index contributed by atoms with van der Waals surface area (Å²) in [4.78, 5) is 19.3. The van der Waals surface area contributed by atoms with Gasteiger partial charge in [0.05, 0.1) is 5.56 Å². The third kappa shape index (κ3) is 4.48. The first-order valence-electron chi connectivity index (χ1n) is 6.76. The maximum atomic E-state index is 12.1. The smallest absolute Gasteiger partial charge is 0.252 e. The molecular weight excluding hydrogens is 266 g/mol. The van der Waals surface area contributed by atoms with Gasteiger partial charge in [-0.25, -0.2) is 4.98 Å². The molecule has 0 aliphatic rings. The molecule has 0 aliphatic heterocycles. The topological polar surface area (TPSA) is 78.0 Å². The van der Waals surface area contributed by atoms with Crippen LogP contribution in [0, 0.1) is 11.8 Å². The van der Waals surface area contributed by atoms with Gasteiger partial charge in [0.1, 0.15) is 12.4 Å². The van der Waals surface area contributed by atoms with Crippen LogP contribution in [0.5, 0.6) is 0 Å². The highest BCUT2D eigenvalue weighted by Gasteiger charge is 2.08. The Morgan fingerprint density at radius 2 is 2.24 bits per heavy atom. The predicted octanol–water partition coefficient (Wildman–Crippen LogP) is 1.12. The van der Waals surface area contributed by atoms with E-state index in [0.29, 0.717) is 17.7 Å². The van der Waals surface area contributed by atoms with E-state index in [9.17, 15) is 4.79 Å². The third-order valence-corrected chi connectivity index (χ3v) is 2.90. The quantitative estimate of drug-likeness (QED) is 0.568. The molecule has 3 N–H and O–H groups in total. The Morgan fingerprint density at radius 3 is 3.00 bits per heavy atom. The molecule has 5 nitrogen and oxygen atoms in total. The largest absolute Gasteiger partial charge is 0.384 e. The molecule has 0 aliphatic carbocycles. The van der Waals surface area contributed by atoms with Crippen molar-refractivity contribution >= 4 is 5.91 Å². The summed E-state index contributed by atoms with van der Waals surface area (Å²) in [5, 5.41) is 11.6. The van der Waals surface area contributed by atoms with Gasteiger partial charge in [0, 0.05) is 30.9 Å². The zero-order valence-electron chi connectivity index (χ0n) is 11.6. The highest BCUT2D eigenvalue weighted by molar-refractivity contribution is 5.96. The molecule has 0 saturated carbocycles. The molecule has 1 amide bonds. The van der Waals surface area contributed by atoms with E-state index in [0.717, 1.165) is 18.7 Å². The summed E-state index contributed by atoms with van der Waals surface area (Å²) >= 11 is 0. The minimum absolute atomic E-state index is 0.155. The fourth-order valence-corrected chi connectivity index (χ4v) is 1.91. The lowest BCUT2D eigenvalue weighted by atomic mass is 10.1. The lowest BCUT2D eigenvalue weighted by Gasteiger charge is -2.06. The normalized spacial score (nSPS) is 9.76. The van der Waals surface area contributed by atoms with Gasteiger partial charge in [0.2, 0.25) is 0 Å². The molecule has 1 heterocycles. The first-order chi connectivity index (χ1) is 10.3. The van der Waals surface area contributed by atoms with E-state index < -0.39 is 0 Å². The number of rotatable bonds is 5. The van der Waals surface area contributed by atoms with Crippen LogP contribution < -0.4 is 5.32 Å². The molecule has 2 rings (SSSR count). The molecule has 2 aromatic rings. The zero-order valence-corrected chi connectivity index (χ0v) is 11.6. The van der Waals surface area contributed by atoms with Crippen LogP contribution in [0.25, 0.3) is 0 Å². The van der Waals surface area contributed by atoms with E-state index in [4.69, 9.17) is 5.11 Å². The summed E-state index contributed by atoms with van der Waals surface area (Å²) in [6, 6.07) is 7.10. The highest BCUT2D eigenvalue weighted by atomic mass is 16.2. The van der Waals surface area contributed by atoms with Gasteiger partial charge in [-0.05, 0) is 18.6 Å². The molecule has 0 bridgehead atoms. The number of carbonyl (C=O) groups excluding carboxylic acids is 1. The maximum absolute atomic E-state index is 12.1. The first-order valence-corrected chi connectivity index (χ1v) is 6.76. The Morgan fingerprint density at radius 1 is 1.38 bits per heavy atom. The van der Waals surface area contributed by atoms with Gasteiger partial charge in [0.25, 0.3) is 5.91 Å². The Bertz CT molecular complexity index is 639. The van der Waals surface area contributed by atoms with Crippen LogP contribution in [0.3, 0.4) is 0 Å². The average Bonchev–Trinajstić information content (AvgIpc) is 3.03. The number of carbonyl (C=O) groups is 1. The van der Waals surface area contributed by atoms with Crippen molar-refractivity contribution in [3.63, 3.8) is 0 Å². The van der Waals surface area contributed by atoms with Crippen molar-refractivity contribution in [1.29, 1.82) is 0 Å². The predicted molar refractivity (Wildman–Crippen MR) is 79.6 cm³/mol. The second kappa shape index (κ2) is 7.88. The summed E-state index contributed by atoms with van der Waals surface area (Å²) in [5.41, 5.74) is 1.14. The summed E-state index contributed by atoms with van der Waals surface area (Å²) in [5.74, 6) is 6.10. The van der Waals surface area contributed by atoms with E-state index in [1.807, 2.05) is 6.07 Å². The maximum Gasteiger partial charge on any atom is 0.252 e. The number of hydrogen-bond donors (Lipinski definition) is 3. The number of H-pyrrole nitrogens is 1. The van der Waals surface area contributed by atoms with Gasteiger partial charge >= 0.3 is 0 Å². The second-order valence-corrected chi connectivity index (χ2v) is 4.40. The Hall–Kier alpha value is -2.58. The standard InChI is InChI=1S/C16H17N3O2/c20-12-4-6-13-5-1-2-7-14(13)16(21)19-9-3-8-15-17-10-11-18-15/h1-2,5,7,10-11,20H,3,8-9,12H2,(H,17,18)(H,19,21). The van der Waals surface area contributed by atoms with E-state index in [-0.39, 0.29) is 12.5 Å². The Kier molecular flexibility index (Phi) is 5.56. The molecule has 1 aromatic carbocycles. The molecular formula is C16H17N3O2. The number of nitrogens with zero attached hydrogens (tertiary/aromatic N) is 1. The number of aromatic nitrogens is 2. The van der Waals surface area contributed by atoms with E-state index in [2.05, 4.69) is 27.1 Å². The van der Waals surface area contributed by atoms with Crippen molar-refractivity contribution in [2.45, 2.75) is 12.8 Å². The van der Waals surface area contributed by atoms with Crippen LogP contribution in [0.4, 0.5) is 0 Å². The second-order valence-electron chi connectivity index (χ2n) is 4.40. The molecule has 108 valence electrons. The van der Waals surface area contributed by atoms with Gasteiger partial charge in [-0.1, -0.05) is 24.0 Å². The molecule has 1 aromatic heterocycles. The fourth-order valence-electron chi connectivity index (χ4n) is 1.91. The molecule has 0 fully saturated rings. The van der Waals surface area contributed by atoms with Gasteiger partial charge in [-0.3, -0.25) is 4.79 Å². The van der Waals surface area contributed by atoms with Gasteiger partial charge < -0.3 is 15.4 Å². The monoisotopic (exact) mass is 283 g/mol. The fraction of sp³-hybridized carbons (Fsp3) is 0.250.